The normalized spacial score (nSPS) is 6.82. The van der Waals surface area contributed by atoms with Crippen molar-refractivity contribution in [1.29, 1.82) is 0 Å². The molecule has 0 aliphatic rings. The molecule has 0 aliphatic carbocycles. The predicted octanol–water partition coefficient (Wildman–Crippen LogP) is 0.769. The Balaban J connectivity index is 0.000000292. The van der Waals surface area contributed by atoms with Crippen molar-refractivity contribution in [2.45, 2.75) is 0 Å². The summed E-state index contributed by atoms with van der Waals surface area (Å²) in [6.07, 6.45) is 5.35. The van der Waals surface area contributed by atoms with Crippen LogP contribution in [0.25, 0.3) is 0 Å². The number of carbonyl (C=O) groups excluding carboxylic acids is 1. The lowest BCUT2D eigenvalue weighted by atomic mass is 10.2. The summed E-state index contributed by atoms with van der Waals surface area (Å²) in [4.78, 5) is 8.58. The molecule has 1 amide bonds. The number of carbonyl (C=O) groups is 1. The maximum atomic E-state index is 8.58. The van der Waals surface area contributed by atoms with Crippen LogP contribution >= 0.6 is 0 Å². The second kappa shape index (κ2) is 6.37. The van der Waals surface area contributed by atoms with Crippen molar-refractivity contribution in [3.05, 3.63) is 35.9 Å². The third kappa shape index (κ3) is 4.73. The van der Waals surface area contributed by atoms with E-state index < -0.39 is 0 Å². The summed E-state index contributed by atoms with van der Waals surface area (Å²) in [6.45, 7) is 0. The van der Waals surface area contributed by atoms with Gasteiger partial charge in [-0.3, -0.25) is 4.79 Å². The molecule has 0 atom stereocenters. The van der Waals surface area contributed by atoms with Crippen LogP contribution in [0, 0.1) is 12.3 Å². The molecule has 2 N–H and O–H groups in total. The zero-order valence-electron chi connectivity index (χ0n) is 6.03. The molecule has 1 aromatic rings. The van der Waals surface area contributed by atoms with Crippen molar-refractivity contribution >= 4 is 6.41 Å². The van der Waals surface area contributed by atoms with Gasteiger partial charge in [-0.1, -0.05) is 24.1 Å². The van der Waals surface area contributed by atoms with Crippen molar-refractivity contribution in [3.63, 3.8) is 0 Å². The van der Waals surface area contributed by atoms with Crippen molar-refractivity contribution in [2.75, 3.05) is 0 Å². The van der Waals surface area contributed by atoms with Crippen molar-refractivity contribution in [3.8, 4) is 12.3 Å². The van der Waals surface area contributed by atoms with Crippen molar-refractivity contribution in [1.82, 2.24) is 0 Å². The average Bonchev–Trinajstić information content (AvgIpc) is 2.08. The lowest BCUT2D eigenvalue weighted by Crippen LogP contribution is -1.82. The van der Waals surface area contributed by atoms with Gasteiger partial charge in [-0.15, -0.1) is 6.42 Å². The maximum Gasteiger partial charge on any atom is 0.204 e. The summed E-state index contributed by atoms with van der Waals surface area (Å²) in [5, 5.41) is 0. The third-order valence-electron chi connectivity index (χ3n) is 0.940. The summed E-state index contributed by atoms with van der Waals surface area (Å²) in [5.74, 6) is 2.53. The minimum atomic E-state index is 0.250. The van der Waals surface area contributed by atoms with Gasteiger partial charge in [0.05, 0.1) is 0 Å². The molecule has 0 spiro atoms. The number of hydrogen-bond donors (Lipinski definition) is 1. The Labute approximate surface area is 66.0 Å². The van der Waals surface area contributed by atoms with Crippen molar-refractivity contribution in [2.24, 2.45) is 5.73 Å². The van der Waals surface area contributed by atoms with Gasteiger partial charge in [0.25, 0.3) is 0 Å². The summed E-state index contributed by atoms with van der Waals surface area (Å²) in [7, 11) is 0. The van der Waals surface area contributed by atoms with E-state index in [4.69, 9.17) is 11.2 Å². The van der Waals surface area contributed by atoms with Crippen LogP contribution in [-0.4, -0.2) is 6.41 Å². The zero-order valence-corrected chi connectivity index (χ0v) is 6.03. The first-order valence-corrected chi connectivity index (χ1v) is 3.02. The van der Waals surface area contributed by atoms with E-state index in [9.17, 15) is 0 Å². The molecular formula is C9H9NO. The fourth-order valence-corrected chi connectivity index (χ4v) is 0.534. The first-order chi connectivity index (χ1) is 5.35. The first-order valence-electron chi connectivity index (χ1n) is 3.02. The highest BCUT2D eigenvalue weighted by molar-refractivity contribution is 5.42. The predicted molar refractivity (Wildman–Crippen MR) is 44.6 cm³/mol. The molecule has 0 heterocycles. The number of nitrogens with two attached hydrogens (primary N) is 1. The number of rotatable bonds is 0. The topological polar surface area (TPSA) is 43.1 Å². The Bertz CT molecular complexity index is 235. The molecule has 0 saturated heterocycles. The van der Waals surface area contributed by atoms with Gasteiger partial charge in [0.1, 0.15) is 0 Å². The van der Waals surface area contributed by atoms with E-state index >= 15 is 0 Å². The van der Waals surface area contributed by atoms with E-state index in [2.05, 4.69) is 11.7 Å². The van der Waals surface area contributed by atoms with Gasteiger partial charge in [0, 0.05) is 5.56 Å². The minimum Gasteiger partial charge on any atom is -0.372 e. The van der Waals surface area contributed by atoms with Gasteiger partial charge in [-0.2, -0.15) is 0 Å². The van der Waals surface area contributed by atoms with Crippen LogP contribution in [0.1, 0.15) is 5.56 Å². The van der Waals surface area contributed by atoms with E-state index in [0.29, 0.717) is 0 Å². The van der Waals surface area contributed by atoms with Crippen LogP contribution in [-0.2, 0) is 4.79 Å². The fraction of sp³-hybridized carbons (Fsp3) is 0. The Morgan fingerprint density at radius 2 is 1.82 bits per heavy atom. The fourth-order valence-electron chi connectivity index (χ4n) is 0.534. The monoisotopic (exact) mass is 147 g/mol. The number of primary amides is 1. The van der Waals surface area contributed by atoms with Crippen LogP contribution in [0.15, 0.2) is 30.3 Å². The molecule has 0 aliphatic heterocycles. The molecule has 2 nitrogen and oxygen atoms in total. The molecule has 0 aromatic heterocycles. The standard InChI is InChI=1S/C8H6.CH3NO/c1-2-8-6-4-3-5-7-8;2-1-3/h1,3-7H;1H,(H2,2,3). The van der Waals surface area contributed by atoms with Crippen molar-refractivity contribution < 1.29 is 4.79 Å². The molecular weight excluding hydrogens is 138 g/mol. The third-order valence-corrected chi connectivity index (χ3v) is 0.940. The number of terminal acetylenes is 1. The zero-order chi connectivity index (χ0) is 8.53. The van der Waals surface area contributed by atoms with Gasteiger partial charge in [0.2, 0.25) is 6.41 Å². The van der Waals surface area contributed by atoms with Crippen LogP contribution in [0.4, 0.5) is 0 Å². The van der Waals surface area contributed by atoms with E-state index in [-0.39, 0.29) is 6.41 Å². The Hall–Kier alpha value is -1.75. The molecule has 0 saturated carbocycles. The highest BCUT2D eigenvalue weighted by Crippen LogP contribution is 1.92. The van der Waals surface area contributed by atoms with Crippen LogP contribution < -0.4 is 5.73 Å². The second-order valence-electron chi connectivity index (χ2n) is 1.65. The van der Waals surface area contributed by atoms with Gasteiger partial charge >= 0.3 is 0 Å². The summed E-state index contributed by atoms with van der Waals surface area (Å²) in [5.41, 5.74) is 5.10. The largest absolute Gasteiger partial charge is 0.372 e. The summed E-state index contributed by atoms with van der Waals surface area (Å²) < 4.78 is 0. The first kappa shape index (κ1) is 9.25. The Morgan fingerprint density at radius 3 is 2.09 bits per heavy atom. The van der Waals surface area contributed by atoms with Crippen LogP contribution in [0.3, 0.4) is 0 Å². The van der Waals surface area contributed by atoms with E-state index in [1.165, 1.54) is 0 Å². The van der Waals surface area contributed by atoms with Gasteiger partial charge in [-0.25, -0.2) is 0 Å². The highest BCUT2D eigenvalue weighted by atomic mass is 16.1. The molecule has 0 bridgehead atoms. The van der Waals surface area contributed by atoms with Gasteiger partial charge in [0.15, 0.2) is 0 Å². The number of amides is 1. The summed E-state index contributed by atoms with van der Waals surface area (Å²) >= 11 is 0. The number of hydrogen-bond acceptors (Lipinski definition) is 1. The lowest BCUT2D eigenvalue weighted by molar-refractivity contribution is -0.106. The molecule has 1 aromatic carbocycles. The minimum absolute atomic E-state index is 0.250. The van der Waals surface area contributed by atoms with E-state index in [1.807, 2.05) is 30.3 Å². The quantitative estimate of drug-likeness (QED) is 0.427. The average molecular weight is 147 g/mol. The van der Waals surface area contributed by atoms with Gasteiger partial charge < -0.3 is 5.73 Å². The Morgan fingerprint density at radius 1 is 1.36 bits per heavy atom. The molecule has 2 heteroatoms. The molecule has 0 unspecified atom stereocenters. The molecule has 1 rings (SSSR count). The second-order valence-corrected chi connectivity index (χ2v) is 1.65. The van der Waals surface area contributed by atoms with Gasteiger partial charge in [-0.05, 0) is 12.1 Å². The van der Waals surface area contributed by atoms with E-state index in [1.54, 1.807) is 0 Å². The maximum absolute atomic E-state index is 8.58. The summed E-state index contributed by atoms with van der Waals surface area (Å²) in [6, 6.07) is 9.60. The molecule has 0 radical (unpaired) electrons. The Kier molecular flexibility index (Phi) is 5.36. The highest BCUT2D eigenvalue weighted by Gasteiger charge is 1.76. The van der Waals surface area contributed by atoms with Crippen LogP contribution in [0.2, 0.25) is 0 Å². The molecule has 0 fully saturated rings. The van der Waals surface area contributed by atoms with Crippen LogP contribution in [0.5, 0.6) is 0 Å². The molecule has 11 heavy (non-hydrogen) atoms. The lowest BCUT2D eigenvalue weighted by Gasteiger charge is -1.82. The number of benzene rings is 1. The SMILES string of the molecule is C#Cc1ccccc1.NC=O. The molecule has 56 valence electrons. The smallest absolute Gasteiger partial charge is 0.204 e. The van der Waals surface area contributed by atoms with E-state index in [0.717, 1.165) is 5.56 Å².